The van der Waals surface area contributed by atoms with Crippen molar-refractivity contribution >= 4 is 30.1 Å². The Hall–Kier alpha value is 1.08. The molecule has 0 radical (unpaired) electrons. The molecule has 0 aromatic rings. The van der Waals surface area contributed by atoms with E-state index < -0.39 is 0 Å². The normalized spacial score (nSPS) is 49.6. The van der Waals surface area contributed by atoms with E-state index in [9.17, 15) is 0 Å². The molecule has 0 saturated heterocycles. The maximum atomic E-state index is 2.50. The molecular weight excluding hydrogens is 267 g/mol. The van der Waals surface area contributed by atoms with Gasteiger partial charge in [-0.15, -0.1) is 0 Å². The quantitative estimate of drug-likeness (QED) is 0.654. The minimum absolute atomic E-state index is 0.781. The minimum Gasteiger partial charge on any atom is -0.0859 e. The molecule has 64 valence electrons. The topological polar surface area (TPSA) is 0 Å². The summed E-state index contributed by atoms with van der Waals surface area (Å²) in [6.07, 6.45) is 7.50. The second kappa shape index (κ2) is 3.09. The molecule has 0 N–H and O–H groups in total. The molecule has 0 nitrogen and oxygen atoms in total. The van der Waals surface area contributed by atoms with Crippen LogP contribution in [-0.4, -0.2) is 5.25 Å². The molecule has 2 aliphatic carbocycles. The Balaban J connectivity index is 1.95. The standard InChI is InChI=1S/C9H15IS/c1-9-4-2-7(9)6-8(11-10)3-5-9/h7-8H,2-6H2,1H3/t7?,8?,9-/m1/s1. The van der Waals surface area contributed by atoms with Crippen molar-refractivity contribution in [2.75, 3.05) is 0 Å². The van der Waals surface area contributed by atoms with Crippen molar-refractivity contribution in [3.8, 4) is 0 Å². The average Bonchev–Trinajstić information content (AvgIpc) is 2.00. The fourth-order valence-corrected chi connectivity index (χ4v) is 4.48. The van der Waals surface area contributed by atoms with Crippen LogP contribution in [0.2, 0.25) is 0 Å². The van der Waals surface area contributed by atoms with Gasteiger partial charge in [-0.1, -0.05) is 15.9 Å². The van der Waals surface area contributed by atoms with Crippen LogP contribution in [0.4, 0.5) is 0 Å². The van der Waals surface area contributed by atoms with Gasteiger partial charge in [0.05, 0.1) is 0 Å². The first-order valence-corrected chi connectivity index (χ1v) is 7.94. The van der Waals surface area contributed by atoms with E-state index in [4.69, 9.17) is 0 Å². The lowest BCUT2D eigenvalue weighted by Gasteiger charge is -2.52. The third-order valence-electron chi connectivity index (χ3n) is 3.76. The first-order chi connectivity index (χ1) is 5.24. The highest BCUT2D eigenvalue weighted by Gasteiger charge is 2.46. The minimum atomic E-state index is 0.781. The number of hydrogen-bond acceptors (Lipinski definition) is 1. The second-order valence-electron chi connectivity index (χ2n) is 4.38. The summed E-state index contributed by atoms with van der Waals surface area (Å²) in [6, 6.07) is 0. The number of fused-ring (bicyclic) bond motifs is 1. The lowest BCUT2D eigenvalue weighted by Crippen LogP contribution is -2.42. The summed E-state index contributed by atoms with van der Waals surface area (Å²) in [5.74, 6) is 1.09. The van der Waals surface area contributed by atoms with Crippen molar-refractivity contribution in [2.24, 2.45) is 11.3 Å². The zero-order valence-electron chi connectivity index (χ0n) is 6.98. The Bertz CT molecular complexity index is 160. The molecule has 0 aromatic heterocycles. The summed E-state index contributed by atoms with van der Waals surface area (Å²) in [5.41, 5.74) is 0.781. The van der Waals surface area contributed by atoms with Crippen LogP contribution >= 0.6 is 30.1 Å². The van der Waals surface area contributed by atoms with E-state index in [1.807, 2.05) is 0 Å². The van der Waals surface area contributed by atoms with Crippen LogP contribution in [0, 0.1) is 11.3 Å². The summed E-state index contributed by atoms with van der Waals surface area (Å²) in [4.78, 5) is 0. The Kier molecular flexibility index (Phi) is 2.44. The van der Waals surface area contributed by atoms with Crippen molar-refractivity contribution in [1.82, 2.24) is 0 Å². The van der Waals surface area contributed by atoms with Crippen LogP contribution in [0.25, 0.3) is 0 Å². The van der Waals surface area contributed by atoms with E-state index in [2.05, 4.69) is 37.1 Å². The molecule has 3 atom stereocenters. The van der Waals surface area contributed by atoms with E-state index in [-0.39, 0.29) is 0 Å². The van der Waals surface area contributed by atoms with Crippen LogP contribution in [0.3, 0.4) is 0 Å². The maximum absolute atomic E-state index is 2.50. The van der Waals surface area contributed by atoms with Gasteiger partial charge in [-0.2, -0.15) is 0 Å². The van der Waals surface area contributed by atoms with Crippen LogP contribution in [0.5, 0.6) is 0 Å². The van der Waals surface area contributed by atoms with Gasteiger partial charge >= 0.3 is 0 Å². The first-order valence-electron chi connectivity index (χ1n) is 4.52. The van der Waals surface area contributed by atoms with E-state index in [1.165, 1.54) is 32.1 Å². The molecule has 2 saturated carbocycles. The van der Waals surface area contributed by atoms with Crippen molar-refractivity contribution in [2.45, 2.75) is 44.3 Å². The highest BCUT2D eigenvalue weighted by atomic mass is 127. The monoisotopic (exact) mass is 282 g/mol. The average molecular weight is 282 g/mol. The van der Waals surface area contributed by atoms with E-state index in [0.29, 0.717) is 0 Å². The first kappa shape index (κ1) is 8.67. The van der Waals surface area contributed by atoms with Gasteiger partial charge in [0.25, 0.3) is 0 Å². The Morgan fingerprint density at radius 2 is 2.09 bits per heavy atom. The lowest BCUT2D eigenvalue weighted by atomic mass is 9.55. The van der Waals surface area contributed by atoms with E-state index in [0.717, 1.165) is 16.6 Å². The molecular formula is C9H15IS. The van der Waals surface area contributed by atoms with Gasteiger partial charge in [0.2, 0.25) is 0 Å². The van der Waals surface area contributed by atoms with Crippen LogP contribution in [0.1, 0.15) is 39.0 Å². The van der Waals surface area contributed by atoms with Gasteiger partial charge in [0.15, 0.2) is 0 Å². The highest BCUT2D eigenvalue weighted by molar-refractivity contribution is 14.2. The van der Waals surface area contributed by atoms with Gasteiger partial charge in [0, 0.05) is 5.25 Å². The Labute approximate surface area is 85.5 Å². The zero-order valence-corrected chi connectivity index (χ0v) is 9.95. The fraction of sp³-hybridized carbons (Fsp3) is 1.00. The van der Waals surface area contributed by atoms with Crippen molar-refractivity contribution in [3.05, 3.63) is 0 Å². The predicted molar refractivity (Wildman–Crippen MR) is 60.1 cm³/mol. The van der Waals surface area contributed by atoms with Crippen LogP contribution < -0.4 is 0 Å². The molecule has 0 heterocycles. The summed E-state index contributed by atoms with van der Waals surface area (Å²) in [5, 5.41) is 0.981. The zero-order chi connectivity index (χ0) is 7.90. The smallest absolute Gasteiger partial charge is 0.0151 e. The lowest BCUT2D eigenvalue weighted by molar-refractivity contribution is 0.00828. The predicted octanol–water partition coefficient (Wildman–Crippen LogP) is 4.04. The summed E-state index contributed by atoms with van der Waals surface area (Å²) in [7, 11) is 2.05. The Morgan fingerprint density at radius 1 is 1.36 bits per heavy atom. The molecule has 0 spiro atoms. The molecule has 0 aliphatic heterocycles. The van der Waals surface area contributed by atoms with Crippen molar-refractivity contribution in [1.29, 1.82) is 0 Å². The number of rotatable bonds is 1. The Morgan fingerprint density at radius 3 is 2.55 bits per heavy atom. The van der Waals surface area contributed by atoms with E-state index >= 15 is 0 Å². The summed E-state index contributed by atoms with van der Waals surface area (Å²) >= 11 is 2.47. The SMILES string of the molecule is C[C@@]12CCC(SI)CC1CC2. The van der Waals surface area contributed by atoms with Gasteiger partial charge in [0.1, 0.15) is 0 Å². The molecule has 11 heavy (non-hydrogen) atoms. The van der Waals surface area contributed by atoms with Crippen molar-refractivity contribution < 1.29 is 0 Å². The fourth-order valence-electron chi connectivity index (χ4n) is 2.58. The molecule has 0 bridgehead atoms. The summed E-state index contributed by atoms with van der Waals surface area (Å²) < 4.78 is 0. The molecule has 2 heteroatoms. The number of halogens is 1. The van der Waals surface area contributed by atoms with Crippen LogP contribution in [0.15, 0.2) is 0 Å². The molecule has 2 unspecified atom stereocenters. The summed E-state index contributed by atoms with van der Waals surface area (Å²) in [6.45, 7) is 2.50. The van der Waals surface area contributed by atoms with Crippen LogP contribution in [-0.2, 0) is 0 Å². The van der Waals surface area contributed by atoms with Gasteiger partial charge < -0.3 is 0 Å². The van der Waals surface area contributed by atoms with Gasteiger partial charge in [-0.05, 0) is 64.6 Å². The highest BCUT2D eigenvalue weighted by Crippen LogP contribution is 2.57. The van der Waals surface area contributed by atoms with E-state index in [1.54, 1.807) is 0 Å². The number of hydrogen-bond donors (Lipinski definition) is 0. The maximum Gasteiger partial charge on any atom is 0.0151 e. The molecule has 0 aromatic carbocycles. The molecule has 2 aliphatic rings. The molecule has 0 amide bonds. The van der Waals surface area contributed by atoms with Crippen molar-refractivity contribution in [3.63, 3.8) is 0 Å². The molecule has 2 rings (SSSR count). The second-order valence-corrected chi connectivity index (χ2v) is 6.75. The van der Waals surface area contributed by atoms with Gasteiger partial charge in [-0.3, -0.25) is 0 Å². The largest absolute Gasteiger partial charge is 0.0859 e. The third-order valence-corrected chi connectivity index (χ3v) is 6.60. The molecule has 2 fully saturated rings. The third kappa shape index (κ3) is 1.45. The van der Waals surface area contributed by atoms with Gasteiger partial charge in [-0.25, -0.2) is 0 Å².